The highest BCUT2D eigenvalue weighted by molar-refractivity contribution is 9.10. The Morgan fingerprint density at radius 2 is 2.22 bits per heavy atom. The summed E-state index contributed by atoms with van der Waals surface area (Å²) in [5.41, 5.74) is 1.08. The molecule has 0 aliphatic heterocycles. The Morgan fingerprint density at radius 1 is 1.44 bits per heavy atom. The summed E-state index contributed by atoms with van der Waals surface area (Å²) in [5.74, 6) is 1.58. The molecule has 0 heterocycles. The maximum Gasteiger partial charge on any atom is 0.165 e. The Labute approximate surface area is 117 Å². The van der Waals surface area contributed by atoms with E-state index in [2.05, 4.69) is 34.7 Å². The average molecular weight is 314 g/mol. The van der Waals surface area contributed by atoms with Crippen LogP contribution in [0.25, 0.3) is 0 Å². The summed E-state index contributed by atoms with van der Waals surface area (Å²) >= 11 is 3.48. The summed E-state index contributed by atoms with van der Waals surface area (Å²) in [6, 6.07) is 3.96. The molecule has 0 unspecified atom stereocenters. The monoisotopic (exact) mass is 313 g/mol. The van der Waals surface area contributed by atoms with Gasteiger partial charge in [-0.1, -0.05) is 28.9 Å². The van der Waals surface area contributed by atoms with Crippen LogP contribution in [-0.2, 0) is 6.54 Å². The van der Waals surface area contributed by atoms with Gasteiger partial charge in [-0.15, -0.1) is 6.58 Å². The van der Waals surface area contributed by atoms with E-state index in [1.165, 1.54) is 0 Å². The summed E-state index contributed by atoms with van der Waals surface area (Å²) in [4.78, 5) is 0. The van der Waals surface area contributed by atoms with Gasteiger partial charge in [-0.25, -0.2) is 0 Å². The topological polar surface area (TPSA) is 30.5 Å². The zero-order valence-corrected chi connectivity index (χ0v) is 12.5. The molecule has 0 saturated heterocycles. The minimum atomic E-state index is 0.687. The van der Waals surface area contributed by atoms with Crippen LogP contribution in [0.3, 0.4) is 0 Å². The number of ether oxygens (including phenoxy) is 2. The molecule has 1 aromatic rings. The summed E-state index contributed by atoms with van der Waals surface area (Å²) in [6.45, 7) is 7.95. The number of hydrogen-bond acceptors (Lipinski definition) is 3. The molecule has 0 radical (unpaired) electrons. The lowest BCUT2D eigenvalue weighted by atomic mass is 10.2. The van der Waals surface area contributed by atoms with E-state index in [-0.39, 0.29) is 0 Å². The van der Waals surface area contributed by atoms with Crippen molar-refractivity contribution in [1.29, 1.82) is 0 Å². The summed E-state index contributed by atoms with van der Waals surface area (Å²) in [7, 11) is 1.65. The molecule has 0 amide bonds. The summed E-state index contributed by atoms with van der Waals surface area (Å²) < 4.78 is 12.1. The van der Waals surface area contributed by atoms with E-state index < -0.39 is 0 Å². The van der Waals surface area contributed by atoms with Crippen molar-refractivity contribution in [3.63, 3.8) is 0 Å². The zero-order chi connectivity index (χ0) is 13.4. The first-order chi connectivity index (χ1) is 8.72. The van der Waals surface area contributed by atoms with Gasteiger partial charge in [0.2, 0.25) is 0 Å². The maximum absolute atomic E-state index is 5.78. The van der Waals surface area contributed by atoms with Crippen molar-refractivity contribution in [1.82, 2.24) is 5.32 Å². The van der Waals surface area contributed by atoms with Crippen LogP contribution in [0.2, 0.25) is 0 Å². The number of halogens is 1. The number of methoxy groups -OCH3 is 1. The molecule has 0 spiro atoms. The molecule has 0 saturated carbocycles. The predicted octanol–water partition coefficient (Wildman–Crippen LogP) is 3.52. The van der Waals surface area contributed by atoms with E-state index in [1.54, 1.807) is 7.11 Å². The maximum atomic E-state index is 5.78. The molecule has 0 aliphatic carbocycles. The molecule has 0 bridgehead atoms. The summed E-state index contributed by atoms with van der Waals surface area (Å²) in [6.07, 6.45) is 2.81. The normalized spacial score (nSPS) is 10.2. The molecule has 100 valence electrons. The molecular weight excluding hydrogens is 294 g/mol. The van der Waals surface area contributed by atoms with Crippen molar-refractivity contribution in [2.45, 2.75) is 19.9 Å². The van der Waals surface area contributed by atoms with Gasteiger partial charge in [-0.05, 0) is 18.6 Å². The number of rotatable bonds is 8. The van der Waals surface area contributed by atoms with E-state index in [0.29, 0.717) is 6.61 Å². The van der Waals surface area contributed by atoms with E-state index in [0.717, 1.165) is 41.0 Å². The number of nitrogens with one attached hydrogen (secondary N) is 1. The third-order valence-electron chi connectivity index (χ3n) is 2.37. The number of benzene rings is 1. The quantitative estimate of drug-likeness (QED) is 0.588. The van der Waals surface area contributed by atoms with Gasteiger partial charge in [0, 0.05) is 23.1 Å². The lowest BCUT2D eigenvalue weighted by Gasteiger charge is -2.15. The van der Waals surface area contributed by atoms with Crippen molar-refractivity contribution in [2.24, 2.45) is 0 Å². The van der Waals surface area contributed by atoms with Crippen LogP contribution < -0.4 is 14.8 Å². The van der Waals surface area contributed by atoms with Gasteiger partial charge < -0.3 is 14.8 Å². The second kappa shape index (κ2) is 8.16. The Morgan fingerprint density at radius 3 is 2.83 bits per heavy atom. The SMILES string of the molecule is C=CCNCc1cc(Br)cc(OC)c1OCCC. The van der Waals surface area contributed by atoms with E-state index in [9.17, 15) is 0 Å². The predicted molar refractivity (Wildman–Crippen MR) is 78.4 cm³/mol. The van der Waals surface area contributed by atoms with Crippen LogP contribution in [-0.4, -0.2) is 20.3 Å². The molecule has 1 aromatic carbocycles. The van der Waals surface area contributed by atoms with Crippen LogP contribution in [0.4, 0.5) is 0 Å². The first-order valence-electron chi connectivity index (χ1n) is 6.03. The standard InChI is InChI=1S/C14H20BrNO2/c1-4-6-16-10-11-8-12(15)9-13(17-3)14(11)18-7-5-2/h4,8-9,16H,1,5-7,10H2,2-3H3. The highest BCUT2D eigenvalue weighted by Gasteiger charge is 2.12. The lowest BCUT2D eigenvalue weighted by molar-refractivity contribution is 0.290. The van der Waals surface area contributed by atoms with Crippen molar-refractivity contribution in [3.8, 4) is 11.5 Å². The van der Waals surface area contributed by atoms with Gasteiger partial charge >= 0.3 is 0 Å². The Kier molecular flexibility index (Phi) is 6.83. The fourth-order valence-electron chi connectivity index (χ4n) is 1.58. The highest BCUT2D eigenvalue weighted by Crippen LogP contribution is 2.35. The van der Waals surface area contributed by atoms with Gasteiger partial charge in [0.15, 0.2) is 11.5 Å². The van der Waals surface area contributed by atoms with Crippen LogP contribution >= 0.6 is 15.9 Å². The van der Waals surface area contributed by atoms with Crippen molar-refractivity contribution >= 4 is 15.9 Å². The van der Waals surface area contributed by atoms with Crippen LogP contribution in [0.1, 0.15) is 18.9 Å². The van der Waals surface area contributed by atoms with E-state index >= 15 is 0 Å². The van der Waals surface area contributed by atoms with Crippen molar-refractivity contribution < 1.29 is 9.47 Å². The third-order valence-corrected chi connectivity index (χ3v) is 2.83. The fraction of sp³-hybridized carbons (Fsp3) is 0.429. The molecule has 0 aliphatic rings. The molecule has 1 rings (SSSR count). The first kappa shape index (κ1) is 15.1. The minimum Gasteiger partial charge on any atom is -0.493 e. The Hall–Kier alpha value is -1.00. The van der Waals surface area contributed by atoms with Crippen LogP contribution in [0.5, 0.6) is 11.5 Å². The molecule has 0 atom stereocenters. The lowest BCUT2D eigenvalue weighted by Crippen LogP contribution is -2.14. The second-order valence-electron chi connectivity index (χ2n) is 3.86. The van der Waals surface area contributed by atoms with E-state index in [1.807, 2.05) is 18.2 Å². The molecule has 0 fully saturated rings. The smallest absolute Gasteiger partial charge is 0.165 e. The van der Waals surface area contributed by atoms with Gasteiger partial charge in [0.05, 0.1) is 13.7 Å². The van der Waals surface area contributed by atoms with Crippen LogP contribution in [0, 0.1) is 0 Å². The van der Waals surface area contributed by atoms with Gasteiger partial charge in [-0.3, -0.25) is 0 Å². The first-order valence-corrected chi connectivity index (χ1v) is 6.83. The molecule has 4 heteroatoms. The fourth-order valence-corrected chi connectivity index (χ4v) is 2.07. The Bertz CT molecular complexity index is 394. The van der Waals surface area contributed by atoms with E-state index in [4.69, 9.17) is 9.47 Å². The average Bonchev–Trinajstić information content (AvgIpc) is 2.37. The van der Waals surface area contributed by atoms with Gasteiger partial charge in [0.1, 0.15) is 0 Å². The molecule has 0 aromatic heterocycles. The van der Waals surface area contributed by atoms with Crippen molar-refractivity contribution in [2.75, 3.05) is 20.3 Å². The van der Waals surface area contributed by atoms with Crippen LogP contribution in [0.15, 0.2) is 29.3 Å². The second-order valence-corrected chi connectivity index (χ2v) is 4.78. The largest absolute Gasteiger partial charge is 0.493 e. The highest BCUT2D eigenvalue weighted by atomic mass is 79.9. The van der Waals surface area contributed by atoms with Gasteiger partial charge in [0.25, 0.3) is 0 Å². The molecule has 18 heavy (non-hydrogen) atoms. The van der Waals surface area contributed by atoms with Gasteiger partial charge in [-0.2, -0.15) is 0 Å². The third kappa shape index (κ3) is 4.35. The molecule has 1 N–H and O–H groups in total. The number of hydrogen-bond donors (Lipinski definition) is 1. The Balaban J connectivity index is 2.94. The molecular formula is C14H20BrNO2. The molecule has 3 nitrogen and oxygen atoms in total. The minimum absolute atomic E-state index is 0.687. The summed E-state index contributed by atoms with van der Waals surface area (Å²) in [5, 5.41) is 3.27. The van der Waals surface area contributed by atoms with Crippen molar-refractivity contribution in [3.05, 3.63) is 34.8 Å². The zero-order valence-electron chi connectivity index (χ0n) is 11.0.